The molecule has 0 bridgehead atoms. The minimum absolute atomic E-state index is 0.139. The largest absolute Gasteiger partial charge is 0.339 e. The third kappa shape index (κ3) is 3.77. The van der Waals surface area contributed by atoms with Gasteiger partial charge in [0.05, 0.1) is 16.6 Å². The Balaban J connectivity index is 1.41. The number of carbonyl (C=O) groups excluding carboxylic acids is 2. The maximum absolute atomic E-state index is 13.9. The Hall–Kier alpha value is -3.29. The molecule has 1 fully saturated rings. The number of carbonyl (C=O) groups is 2. The van der Waals surface area contributed by atoms with Gasteiger partial charge in [-0.25, -0.2) is 13.8 Å². The summed E-state index contributed by atoms with van der Waals surface area (Å²) >= 11 is 0. The maximum atomic E-state index is 13.9. The van der Waals surface area contributed by atoms with E-state index in [4.69, 9.17) is 0 Å². The predicted molar refractivity (Wildman–Crippen MR) is 109 cm³/mol. The Morgan fingerprint density at radius 3 is 2.57 bits per heavy atom. The van der Waals surface area contributed by atoms with Crippen LogP contribution in [0.4, 0.5) is 14.7 Å². The van der Waals surface area contributed by atoms with Gasteiger partial charge in [0.25, 0.3) is 5.91 Å². The van der Waals surface area contributed by atoms with Crippen LogP contribution in [0.2, 0.25) is 0 Å². The first kappa shape index (κ1) is 20.0. The lowest BCUT2D eigenvalue weighted by Crippen LogP contribution is -2.41. The van der Waals surface area contributed by atoms with E-state index in [9.17, 15) is 18.4 Å². The summed E-state index contributed by atoms with van der Waals surface area (Å²) in [6, 6.07) is 10.6. The van der Waals surface area contributed by atoms with Crippen molar-refractivity contribution in [1.29, 1.82) is 0 Å². The van der Waals surface area contributed by atoms with Crippen molar-refractivity contribution < 1.29 is 18.4 Å². The zero-order chi connectivity index (χ0) is 21.3. The van der Waals surface area contributed by atoms with E-state index in [0.29, 0.717) is 44.5 Å². The number of hydrogen-bond acceptors (Lipinski definition) is 3. The van der Waals surface area contributed by atoms with Crippen molar-refractivity contribution in [3.8, 4) is 0 Å². The number of nitrogens with zero attached hydrogens (tertiary/aromatic N) is 3. The molecule has 0 saturated carbocycles. The monoisotopic (exact) mass is 412 g/mol. The van der Waals surface area contributed by atoms with Crippen molar-refractivity contribution in [1.82, 2.24) is 14.5 Å². The molecule has 2 heterocycles. The molecule has 0 atom stereocenters. The first-order chi connectivity index (χ1) is 14.5. The molecule has 1 saturated heterocycles. The van der Waals surface area contributed by atoms with Gasteiger partial charge in [0.15, 0.2) is 0 Å². The molecule has 0 radical (unpaired) electrons. The molecule has 0 spiro atoms. The van der Waals surface area contributed by atoms with Crippen LogP contribution >= 0.6 is 0 Å². The smallest absolute Gasteiger partial charge is 0.256 e. The Bertz CT molecular complexity index is 1100. The molecule has 6 nitrogen and oxygen atoms in total. The van der Waals surface area contributed by atoms with E-state index in [0.717, 1.165) is 23.2 Å². The fourth-order valence-corrected chi connectivity index (χ4v) is 3.88. The minimum Gasteiger partial charge on any atom is -0.339 e. The average Bonchev–Trinajstić information content (AvgIpc) is 3.10. The van der Waals surface area contributed by atoms with Crippen LogP contribution in [0.15, 0.2) is 42.5 Å². The molecule has 30 heavy (non-hydrogen) atoms. The SMILES string of the molecule is CCn1c(NC(=O)C2CCN(C(=O)c3ccc(F)cc3F)CC2)nc2ccccc21. The highest BCUT2D eigenvalue weighted by molar-refractivity contribution is 5.95. The van der Waals surface area contributed by atoms with Gasteiger partial charge >= 0.3 is 0 Å². The first-order valence-corrected chi connectivity index (χ1v) is 9.98. The lowest BCUT2D eigenvalue weighted by Gasteiger charge is -2.31. The van der Waals surface area contributed by atoms with Crippen LogP contribution in [0.5, 0.6) is 0 Å². The van der Waals surface area contributed by atoms with E-state index < -0.39 is 17.5 Å². The van der Waals surface area contributed by atoms with Crippen LogP contribution < -0.4 is 5.32 Å². The van der Waals surface area contributed by atoms with Crippen LogP contribution in [0, 0.1) is 17.6 Å². The third-order valence-electron chi connectivity index (χ3n) is 5.52. The van der Waals surface area contributed by atoms with E-state index in [-0.39, 0.29) is 17.4 Å². The van der Waals surface area contributed by atoms with E-state index in [1.807, 2.05) is 35.8 Å². The van der Waals surface area contributed by atoms with Gasteiger partial charge in [0, 0.05) is 31.6 Å². The number of amides is 2. The van der Waals surface area contributed by atoms with Crippen molar-refractivity contribution in [2.75, 3.05) is 18.4 Å². The second-order valence-electron chi connectivity index (χ2n) is 7.35. The van der Waals surface area contributed by atoms with Gasteiger partial charge in [-0.2, -0.15) is 0 Å². The second-order valence-corrected chi connectivity index (χ2v) is 7.35. The molecule has 0 aliphatic carbocycles. The van der Waals surface area contributed by atoms with Crippen LogP contribution in [-0.4, -0.2) is 39.4 Å². The van der Waals surface area contributed by atoms with Crippen LogP contribution in [0.1, 0.15) is 30.1 Å². The number of halogens is 2. The number of likely N-dealkylation sites (tertiary alicyclic amines) is 1. The molecule has 3 aromatic rings. The number of aryl methyl sites for hydroxylation is 1. The highest BCUT2D eigenvalue weighted by atomic mass is 19.1. The molecular formula is C22H22F2N4O2. The molecular weight excluding hydrogens is 390 g/mol. The van der Waals surface area contributed by atoms with Gasteiger partial charge in [-0.15, -0.1) is 0 Å². The van der Waals surface area contributed by atoms with E-state index >= 15 is 0 Å². The predicted octanol–water partition coefficient (Wildman–Crippen LogP) is 3.83. The van der Waals surface area contributed by atoms with Gasteiger partial charge in [-0.3, -0.25) is 14.9 Å². The van der Waals surface area contributed by atoms with Crippen molar-refractivity contribution in [2.24, 2.45) is 5.92 Å². The highest BCUT2D eigenvalue weighted by Crippen LogP contribution is 2.24. The van der Waals surface area contributed by atoms with Gasteiger partial charge in [-0.05, 0) is 44.0 Å². The summed E-state index contributed by atoms with van der Waals surface area (Å²) < 4.78 is 28.9. The van der Waals surface area contributed by atoms with Gasteiger partial charge < -0.3 is 9.47 Å². The first-order valence-electron chi connectivity index (χ1n) is 9.98. The number of benzene rings is 2. The molecule has 2 aromatic carbocycles. The molecule has 8 heteroatoms. The lowest BCUT2D eigenvalue weighted by molar-refractivity contribution is -0.121. The van der Waals surface area contributed by atoms with Crippen LogP contribution in [-0.2, 0) is 11.3 Å². The summed E-state index contributed by atoms with van der Waals surface area (Å²) in [4.78, 5) is 31.3. The number of nitrogens with one attached hydrogen (secondary N) is 1. The third-order valence-corrected chi connectivity index (χ3v) is 5.52. The molecule has 1 aliphatic heterocycles. The number of aromatic nitrogens is 2. The standard InChI is InChI=1S/C22H22F2N4O2/c1-2-28-19-6-4-3-5-18(19)25-22(28)26-20(29)14-9-11-27(12-10-14)21(30)16-8-7-15(23)13-17(16)24/h3-8,13-14H,2,9-12H2,1H3,(H,25,26,29). The summed E-state index contributed by atoms with van der Waals surface area (Å²) in [5, 5.41) is 2.92. The van der Waals surface area contributed by atoms with Crippen LogP contribution in [0.3, 0.4) is 0 Å². The number of fused-ring (bicyclic) bond motifs is 1. The minimum atomic E-state index is -0.877. The summed E-state index contributed by atoms with van der Waals surface area (Å²) in [5.41, 5.74) is 1.62. The Morgan fingerprint density at radius 1 is 1.13 bits per heavy atom. The van der Waals surface area contributed by atoms with Crippen molar-refractivity contribution in [3.63, 3.8) is 0 Å². The summed E-state index contributed by atoms with van der Waals surface area (Å²) in [6.07, 6.45) is 0.930. The second kappa shape index (κ2) is 8.22. The van der Waals surface area contributed by atoms with Crippen molar-refractivity contribution >= 4 is 28.8 Å². The van der Waals surface area contributed by atoms with Gasteiger partial charge in [0.2, 0.25) is 11.9 Å². The van der Waals surface area contributed by atoms with Crippen molar-refractivity contribution in [2.45, 2.75) is 26.3 Å². The quantitative estimate of drug-likeness (QED) is 0.708. The number of hydrogen-bond donors (Lipinski definition) is 1. The van der Waals surface area contributed by atoms with Crippen LogP contribution in [0.25, 0.3) is 11.0 Å². The molecule has 0 unspecified atom stereocenters. The molecule has 1 aromatic heterocycles. The molecule has 156 valence electrons. The topological polar surface area (TPSA) is 67.2 Å². The molecule has 1 aliphatic rings. The van der Waals surface area contributed by atoms with E-state index in [1.54, 1.807) is 0 Å². The molecule has 1 N–H and O–H groups in total. The summed E-state index contributed by atoms with van der Waals surface area (Å²) in [5.74, 6) is -1.98. The maximum Gasteiger partial charge on any atom is 0.256 e. The van der Waals surface area contributed by atoms with E-state index in [1.165, 1.54) is 4.90 Å². The zero-order valence-corrected chi connectivity index (χ0v) is 16.6. The normalized spacial score (nSPS) is 14.8. The Morgan fingerprint density at radius 2 is 1.87 bits per heavy atom. The van der Waals surface area contributed by atoms with Gasteiger partial charge in [0.1, 0.15) is 11.6 Å². The fraction of sp³-hybridized carbons (Fsp3) is 0.318. The van der Waals surface area contributed by atoms with E-state index in [2.05, 4.69) is 10.3 Å². The number of para-hydroxylation sites is 2. The average molecular weight is 412 g/mol. The summed E-state index contributed by atoms with van der Waals surface area (Å²) in [6.45, 7) is 3.32. The Kier molecular flexibility index (Phi) is 5.48. The Labute approximate surface area is 172 Å². The number of imidazole rings is 1. The fourth-order valence-electron chi connectivity index (χ4n) is 3.88. The number of piperidine rings is 1. The zero-order valence-electron chi connectivity index (χ0n) is 16.6. The lowest BCUT2D eigenvalue weighted by atomic mass is 9.95. The van der Waals surface area contributed by atoms with Crippen molar-refractivity contribution in [3.05, 3.63) is 59.7 Å². The number of rotatable bonds is 4. The molecule has 2 amide bonds. The molecule has 4 rings (SSSR count). The summed E-state index contributed by atoms with van der Waals surface area (Å²) in [7, 11) is 0. The number of anilines is 1. The highest BCUT2D eigenvalue weighted by Gasteiger charge is 2.29. The van der Waals surface area contributed by atoms with Gasteiger partial charge in [-0.1, -0.05) is 12.1 Å².